The topological polar surface area (TPSA) is 69.0 Å². The van der Waals surface area contributed by atoms with E-state index in [0.717, 1.165) is 22.4 Å². The molecule has 2 aromatic carbocycles. The van der Waals surface area contributed by atoms with Crippen LogP contribution in [-0.2, 0) is 13.2 Å². The summed E-state index contributed by atoms with van der Waals surface area (Å²) in [6, 6.07) is 14.9. The summed E-state index contributed by atoms with van der Waals surface area (Å²) in [7, 11) is 0. The first kappa shape index (κ1) is 21.4. The molecule has 31 heavy (non-hydrogen) atoms. The van der Waals surface area contributed by atoms with Crippen molar-refractivity contribution in [2.45, 2.75) is 20.1 Å². The Morgan fingerprint density at radius 3 is 2.84 bits per heavy atom. The van der Waals surface area contributed by atoms with Gasteiger partial charge >= 0.3 is 0 Å². The van der Waals surface area contributed by atoms with E-state index in [2.05, 4.69) is 15.4 Å². The van der Waals surface area contributed by atoms with E-state index in [9.17, 15) is 4.79 Å². The first-order valence-corrected chi connectivity index (χ1v) is 11.0. The van der Waals surface area contributed by atoms with Crippen LogP contribution in [0.4, 0.5) is 5.95 Å². The lowest BCUT2D eigenvalue weighted by atomic mass is 10.2. The predicted octanol–water partition coefficient (Wildman–Crippen LogP) is 5.83. The quantitative estimate of drug-likeness (QED) is 0.367. The van der Waals surface area contributed by atoms with Crippen LogP contribution in [0.2, 0.25) is 10.0 Å². The number of aromatic nitrogens is 3. The van der Waals surface area contributed by atoms with E-state index in [-0.39, 0.29) is 11.9 Å². The Balaban J connectivity index is 1.35. The number of rotatable bonds is 7. The number of ether oxygens (including phenoxy) is 1. The van der Waals surface area contributed by atoms with Crippen LogP contribution < -0.4 is 10.1 Å². The van der Waals surface area contributed by atoms with Crippen molar-refractivity contribution in [2.24, 2.45) is 0 Å². The van der Waals surface area contributed by atoms with Crippen molar-refractivity contribution in [1.82, 2.24) is 14.8 Å². The van der Waals surface area contributed by atoms with Gasteiger partial charge in [-0.1, -0.05) is 47.5 Å². The van der Waals surface area contributed by atoms with Gasteiger partial charge in [-0.25, -0.2) is 9.67 Å². The van der Waals surface area contributed by atoms with Gasteiger partial charge in [0.15, 0.2) is 0 Å². The van der Waals surface area contributed by atoms with Gasteiger partial charge in [0, 0.05) is 15.6 Å². The number of amides is 1. The number of para-hydroxylation sites is 1. The summed E-state index contributed by atoms with van der Waals surface area (Å²) in [5.41, 5.74) is 2.84. The summed E-state index contributed by atoms with van der Waals surface area (Å²) in [4.78, 5) is 17.3. The average Bonchev–Trinajstić information content (AvgIpc) is 3.39. The van der Waals surface area contributed by atoms with Crippen molar-refractivity contribution in [1.29, 1.82) is 0 Å². The number of nitrogens with one attached hydrogen (secondary N) is 1. The van der Waals surface area contributed by atoms with E-state index in [4.69, 9.17) is 27.9 Å². The highest BCUT2D eigenvalue weighted by molar-refractivity contribution is 7.12. The van der Waals surface area contributed by atoms with Crippen LogP contribution in [0.15, 0.2) is 60.2 Å². The molecule has 0 aliphatic carbocycles. The van der Waals surface area contributed by atoms with Crippen molar-refractivity contribution >= 4 is 46.4 Å². The third kappa shape index (κ3) is 5.44. The molecule has 0 aliphatic heterocycles. The molecule has 0 aliphatic rings. The Kier molecular flexibility index (Phi) is 6.56. The van der Waals surface area contributed by atoms with Crippen molar-refractivity contribution in [3.05, 3.63) is 91.9 Å². The van der Waals surface area contributed by atoms with Crippen molar-refractivity contribution in [3.63, 3.8) is 0 Å². The Bertz CT molecular complexity index is 1220. The molecule has 0 radical (unpaired) electrons. The largest absolute Gasteiger partial charge is 0.489 e. The second-order valence-corrected chi connectivity index (χ2v) is 8.58. The Hall–Kier alpha value is -2.87. The van der Waals surface area contributed by atoms with Gasteiger partial charge in [0.25, 0.3) is 5.91 Å². The smallest absolute Gasteiger partial charge is 0.268 e. The third-order valence-electron chi connectivity index (χ3n) is 4.47. The molecule has 2 aromatic heterocycles. The van der Waals surface area contributed by atoms with E-state index >= 15 is 0 Å². The fraction of sp³-hybridized carbons (Fsp3) is 0.136. The fourth-order valence-electron chi connectivity index (χ4n) is 2.87. The molecule has 4 rings (SSSR count). The molecule has 0 fully saturated rings. The fourth-order valence-corrected chi connectivity index (χ4v) is 4.13. The highest BCUT2D eigenvalue weighted by Crippen LogP contribution is 2.23. The molecule has 0 bridgehead atoms. The Labute approximate surface area is 193 Å². The molecule has 1 amide bonds. The number of carbonyl (C=O) groups excluding carboxylic acids is 1. The summed E-state index contributed by atoms with van der Waals surface area (Å²) in [6.45, 7) is 2.80. The molecular weight excluding hydrogens is 455 g/mol. The number of hydrogen-bond donors (Lipinski definition) is 1. The minimum absolute atomic E-state index is 0.223. The molecule has 1 N–H and O–H groups in total. The van der Waals surface area contributed by atoms with Crippen LogP contribution in [0.1, 0.15) is 26.4 Å². The second-order valence-electron chi connectivity index (χ2n) is 6.83. The number of benzene rings is 2. The molecule has 158 valence electrons. The number of carbonyl (C=O) groups is 1. The van der Waals surface area contributed by atoms with Gasteiger partial charge in [-0.3, -0.25) is 10.1 Å². The second kappa shape index (κ2) is 9.51. The molecule has 4 aromatic rings. The van der Waals surface area contributed by atoms with Crippen LogP contribution in [-0.4, -0.2) is 20.7 Å². The average molecular weight is 473 g/mol. The lowest BCUT2D eigenvalue weighted by molar-refractivity contribution is 0.102. The summed E-state index contributed by atoms with van der Waals surface area (Å²) in [5.74, 6) is 0.783. The van der Waals surface area contributed by atoms with Gasteiger partial charge in [0.05, 0.1) is 11.4 Å². The van der Waals surface area contributed by atoms with Gasteiger partial charge in [-0.2, -0.15) is 0 Å². The van der Waals surface area contributed by atoms with Gasteiger partial charge < -0.3 is 4.74 Å². The van der Waals surface area contributed by atoms with E-state index < -0.39 is 0 Å². The monoisotopic (exact) mass is 472 g/mol. The molecular formula is C22H18Cl2N4O2S. The van der Waals surface area contributed by atoms with Crippen LogP contribution in [0.3, 0.4) is 0 Å². The number of nitrogens with zero attached hydrogens (tertiary/aromatic N) is 3. The zero-order valence-corrected chi connectivity index (χ0v) is 18.8. The van der Waals surface area contributed by atoms with E-state index in [1.807, 2.05) is 48.7 Å². The van der Waals surface area contributed by atoms with E-state index in [0.29, 0.717) is 28.1 Å². The van der Waals surface area contributed by atoms with Crippen LogP contribution >= 0.6 is 34.5 Å². The number of thiophene rings is 1. The van der Waals surface area contributed by atoms with Crippen LogP contribution in [0.25, 0.3) is 0 Å². The maximum absolute atomic E-state index is 12.5. The number of anilines is 1. The number of aryl methyl sites for hydroxylation is 1. The van der Waals surface area contributed by atoms with E-state index in [1.165, 1.54) is 17.7 Å². The summed E-state index contributed by atoms with van der Waals surface area (Å²) in [6.07, 6.45) is 1.54. The normalized spacial score (nSPS) is 10.8. The van der Waals surface area contributed by atoms with Gasteiger partial charge in [-0.15, -0.1) is 16.4 Å². The lowest BCUT2D eigenvalue weighted by Crippen LogP contribution is -2.12. The molecule has 0 atom stereocenters. The lowest BCUT2D eigenvalue weighted by Gasteiger charge is -2.07. The van der Waals surface area contributed by atoms with Gasteiger partial charge in [-0.05, 0) is 47.7 Å². The molecule has 0 saturated carbocycles. The molecule has 2 heterocycles. The summed E-state index contributed by atoms with van der Waals surface area (Å²) >= 11 is 13.5. The number of halogens is 2. The minimum atomic E-state index is -0.269. The standard InChI is InChI=1S/C22H18Cl2N4O2S/c1-14-4-2-3-5-19(14)30-11-15-8-20(31-12-15)21(29)26-22-25-13-28(27-22)10-16-6-7-17(23)9-18(16)24/h2-9,12-13H,10-11H2,1H3,(H,26,27,29). The van der Waals surface area contributed by atoms with Crippen LogP contribution in [0.5, 0.6) is 5.75 Å². The van der Waals surface area contributed by atoms with Crippen molar-refractivity contribution < 1.29 is 9.53 Å². The Morgan fingerprint density at radius 2 is 2.03 bits per heavy atom. The third-order valence-corrected chi connectivity index (χ3v) is 6.04. The van der Waals surface area contributed by atoms with Gasteiger partial charge in [0.2, 0.25) is 5.95 Å². The molecule has 0 spiro atoms. The molecule has 0 saturated heterocycles. The molecule has 9 heteroatoms. The highest BCUT2D eigenvalue weighted by Gasteiger charge is 2.13. The summed E-state index contributed by atoms with van der Waals surface area (Å²) in [5, 5.41) is 10.0. The van der Waals surface area contributed by atoms with Crippen molar-refractivity contribution in [2.75, 3.05) is 5.32 Å². The molecule has 6 nitrogen and oxygen atoms in total. The zero-order chi connectivity index (χ0) is 21.8. The van der Waals surface area contributed by atoms with Gasteiger partial charge in [0.1, 0.15) is 18.7 Å². The number of hydrogen-bond acceptors (Lipinski definition) is 5. The highest BCUT2D eigenvalue weighted by atomic mass is 35.5. The maximum atomic E-state index is 12.5. The minimum Gasteiger partial charge on any atom is -0.489 e. The Morgan fingerprint density at radius 1 is 1.19 bits per heavy atom. The van der Waals surface area contributed by atoms with E-state index in [1.54, 1.807) is 16.8 Å². The first-order chi connectivity index (χ1) is 15.0. The zero-order valence-electron chi connectivity index (χ0n) is 16.5. The summed E-state index contributed by atoms with van der Waals surface area (Å²) < 4.78 is 7.44. The van der Waals surface area contributed by atoms with Crippen molar-refractivity contribution in [3.8, 4) is 5.75 Å². The maximum Gasteiger partial charge on any atom is 0.268 e. The van der Waals surface area contributed by atoms with Crippen LogP contribution in [0, 0.1) is 6.92 Å². The SMILES string of the molecule is Cc1ccccc1OCc1csc(C(=O)Nc2ncn(Cc3ccc(Cl)cc3Cl)n2)c1. The first-order valence-electron chi connectivity index (χ1n) is 9.38. The predicted molar refractivity (Wildman–Crippen MR) is 123 cm³/mol. The molecule has 0 unspecified atom stereocenters.